The van der Waals surface area contributed by atoms with Crippen LogP contribution in [0.5, 0.6) is 0 Å². The summed E-state index contributed by atoms with van der Waals surface area (Å²) < 4.78 is 15.3. The van der Waals surface area contributed by atoms with Gasteiger partial charge in [-0.25, -0.2) is 9.37 Å². The number of aromatic amines is 1. The lowest BCUT2D eigenvalue weighted by atomic mass is 9.99. The monoisotopic (exact) mass is 508 g/mol. The summed E-state index contributed by atoms with van der Waals surface area (Å²) in [5.41, 5.74) is 4.64. The van der Waals surface area contributed by atoms with Crippen LogP contribution in [0.3, 0.4) is 0 Å². The van der Waals surface area contributed by atoms with Gasteiger partial charge in [0.25, 0.3) is 5.91 Å². The lowest BCUT2D eigenvalue weighted by Gasteiger charge is -2.19. The number of halogens is 1. The maximum absolute atomic E-state index is 15.3. The molecular weight excluding hydrogens is 479 g/mol. The van der Waals surface area contributed by atoms with Crippen molar-refractivity contribution in [1.29, 1.82) is 0 Å². The predicted octanol–water partition coefficient (Wildman–Crippen LogP) is 5.59. The van der Waals surface area contributed by atoms with Crippen LogP contribution in [0.2, 0.25) is 0 Å². The van der Waals surface area contributed by atoms with Crippen LogP contribution < -0.4 is 5.32 Å². The Morgan fingerprint density at radius 2 is 1.79 bits per heavy atom. The zero-order valence-corrected chi connectivity index (χ0v) is 21.1. The van der Waals surface area contributed by atoms with Crippen LogP contribution in [0.15, 0.2) is 67.3 Å². The number of hydrogen-bond donors (Lipinski definition) is 2. The van der Waals surface area contributed by atoms with Crippen LogP contribution in [0.1, 0.15) is 36.0 Å². The number of fused-ring (bicyclic) bond motifs is 3. The van der Waals surface area contributed by atoms with Crippen molar-refractivity contribution >= 4 is 27.8 Å². The minimum atomic E-state index is -0.423. The smallest absolute Gasteiger partial charge is 0.251 e. The van der Waals surface area contributed by atoms with Gasteiger partial charge in [-0.15, -0.1) is 0 Å². The van der Waals surface area contributed by atoms with Crippen LogP contribution in [-0.2, 0) is 0 Å². The van der Waals surface area contributed by atoms with Gasteiger partial charge in [0.05, 0.1) is 23.6 Å². The number of amides is 1. The van der Waals surface area contributed by atoms with E-state index >= 15 is 4.39 Å². The van der Waals surface area contributed by atoms with E-state index < -0.39 is 5.82 Å². The number of nitrogens with zero attached hydrogens (tertiary/aromatic N) is 4. The van der Waals surface area contributed by atoms with E-state index in [1.54, 1.807) is 42.9 Å². The first-order valence-electron chi connectivity index (χ1n) is 13.1. The molecular formula is C30H29FN6O. The minimum absolute atomic E-state index is 0.119. The zero-order valence-electron chi connectivity index (χ0n) is 21.1. The molecule has 38 heavy (non-hydrogen) atoms. The molecule has 2 N–H and O–H groups in total. The van der Waals surface area contributed by atoms with Gasteiger partial charge in [0.1, 0.15) is 11.5 Å². The second-order valence-corrected chi connectivity index (χ2v) is 9.78. The molecule has 0 radical (unpaired) electrons. The number of rotatable bonds is 6. The van der Waals surface area contributed by atoms with Crippen LogP contribution in [0, 0.1) is 5.82 Å². The first kappa shape index (κ1) is 24.2. The number of benzene rings is 1. The fourth-order valence-corrected chi connectivity index (χ4v) is 5.27. The summed E-state index contributed by atoms with van der Waals surface area (Å²) in [6, 6.07) is 12.8. The van der Waals surface area contributed by atoms with Gasteiger partial charge < -0.3 is 15.2 Å². The van der Waals surface area contributed by atoms with E-state index in [0.29, 0.717) is 34.3 Å². The Kier molecular flexibility index (Phi) is 6.79. The van der Waals surface area contributed by atoms with E-state index in [0.717, 1.165) is 41.8 Å². The first-order valence-corrected chi connectivity index (χ1v) is 13.1. The average molecular weight is 509 g/mol. The summed E-state index contributed by atoms with van der Waals surface area (Å²) in [5.74, 6) is -0.543. The summed E-state index contributed by atoms with van der Waals surface area (Å²) in [4.78, 5) is 31.5. The van der Waals surface area contributed by atoms with Crippen molar-refractivity contribution in [3.05, 3.63) is 78.6 Å². The van der Waals surface area contributed by atoms with Crippen molar-refractivity contribution in [2.75, 3.05) is 26.2 Å². The van der Waals surface area contributed by atoms with Gasteiger partial charge in [-0.2, -0.15) is 0 Å². The molecule has 1 saturated heterocycles. The minimum Gasteiger partial charge on any atom is -0.351 e. The molecule has 5 aromatic rings. The molecule has 0 bridgehead atoms. The lowest BCUT2D eigenvalue weighted by molar-refractivity contribution is 0.0948. The molecule has 192 valence electrons. The third-order valence-corrected chi connectivity index (χ3v) is 7.26. The Bertz CT molecular complexity index is 1570. The van der Waals surface area contributed by atoms with Crippen LogP contribution >= 0.6 is 0 Å². The van der Waals surface area contributed by atoms with Crippen molar-refractivity contribution < 1.29 is 9.18 Å². The number of hydrogen-bond acceptors (Lipinski definition) is 5. The van der Waals surface area contributed by atoms with Crippen LogP contribution in [0.25, 0.3) is 44.3 Å². The van der Waals surface area contributed by atoms with Crippen molar-refractivity contribution in [3.8, 4) is 22.4 Å². The SMILES string of the molecule is O=C(NCCN1CCCCCC1)c1ccc(-c2c(F)cnc3[nH]c4cnc(-c5cccnc5)cc4c23)cc1. The summed E-state index contributed by atoms with van der Waals surface area (Å²) in [6.45, 7) is 3.68. The maximum atomic E-state index is 15.3. The second-order valence-electron chi connectivity index (χ2n) is 9.78. The highest BCUT2D eigenvalue weighted by Crippen LogP contribution is 2.36. The average Bonchev–Trinajstić information content (AvgIpc) is 3.12. The topological polar surface area (TPSA) is 86.8 Å². The Hall–Kier alpha value is -4.17. The van der Waals surface area contributed by atoms with Gasteiger partial charge in [0.2, 0.25) is 0 Å². The van der Waals surface area contributed by atoms with Gasteiger partial charge in [0.15, 0.2) is 0 Å². The van der Waals surface area contributed by atoms with Gasteiger partial charge in [-0.3, -0.25) is 14.8 Å². The standard InChI is InChI=1S/C30H29FN6O/c31-24-18-35-29-28(23-16-25(34-19-26(23)36-29)22-6-5-11-32-17-22)27(24)20-7-9-21(10-8-20)30(38)33-12-15-37-13-3-1-2-4-14-37/h5-11,16-19H,1-4,12-15H2,(H,33,38)(H,35,36). The normalized spacial score (nSPS) is 14.6. The molecule has 0 aliphatic carbocycles. The molecule has 0 unspecified atom stereocenters. The third kappa shape index (κ3) is 4.87. The molecule has 0 saturated carbocycles. The Morgan fingerprint density at radius 3 is 2.55 bits per heavy atom. The number of aromatic nitrogens is 4. The molecule has 1 aromatic carbocycles. The second kappa shape index (κ2) is 10.7. The predicted molar refractivity (Wildman–Crippen MR) is 147 cm³/mol. The molecule has 0 atom stereocenters. The van der Waals surface area contributed by atoms with E-state index in [2.05, 4.69) is 30.2 Å². The van der Waals surface area contributed by atoms with E-state index in [-0.39, 0.29) is 5.91 Å². The maximum Gasteiger partial charge on any atom is 0.251 e. The number of likely N-dealkylation sites (tertiary alicyclic amines) is 1. The highest BCUT2D eigenvalue weighted by atomic mass is 19.1. The summed E-state index contributed by atoms with van der Waals surface area (Å²) in [6.07, 6.45) is 11.5. The Morgan fingerprint density at radius 1 is 0.974 bits per heavy atom. The summed E-state index contributed by atoms with van der Waals surface area (Å²) >= 11 is 0. The molecule has 7 nitrogen and oxygen atoms in total. The molecule has 1 aliphatic heterocycles. The molecule has 4 aromatic heterocycles. The highest BCUT2D eigenvalue weighted by molar-refractivity contribution is 6.13. The molecule has 8 heteroatoms. The van der Waals surface area contributed by atoms with E-state index in [1.807, 2.05) is 18.2 Å². The number of pyridine rings is 3. The van der Waals surface area contributed by atoms with E-state index in [1.165, 1.54) is 31.9 Å². The van der Waals surface area contributed by atoms with E-state index in [9.17, 15) is 4.79 Å². The Labute approximate surface area is 220 Å². The van der Waals surface area contributed by atoms with Crippen LogP contribution in [-0.4, -0.2) is 56.9 Å². The number of H-pyrrole nitrogens is 1. The summed E-state index contributed by atoms with van der Waals surface area (Å²) in [5, 5.41) is 4.53. The first-order chi connectivity index (χ1) is 18.7. The van der Waals surface area contributed by atoms with Crippen molar-refractivity contribution in [1.82, 2.24) is 30.2 Å². The zero-order chi connectivity index (χ0) is 25.9. The quantitative estimate of drug-likeness (QED) is 0.313. The van der Waals surface area contributed by atoms with Crippen LogP contribution in [0.4, 0.5) is 4.39 Å². The van der Waals surface area contributed by atoms with E-state index in [4.69, 9.17) is 0 Å². The molecule has 1 amide bonds. The molecule has 1 aliphatic rings. The fraction of sp³-hybridized carbons (Fsp3) is 0.267. The van der Waals surface area contributed by atoms with Crippen molar-refractivity contribution in [2.24, 2.45) is 0 Å². The van der Waals surface area contributed by atoms with Gasteiger partial charge in [-0.1, -0.05) is 25.0 Å². The molecule has 1 fully saturated rings. The van der Waals surface area contributed by atoms with Gasteiger partial charge in [-0.05, 0) is 61.8 Å². The number of carbonyl (C=O) groups excluding carboxylic acids is 1. The number of carbonyl (C=O) groups is 1. The highest BCUT2D eigenvalue weighted by Gasteiger charge is 2.18. The van der Waals surface area contributed by atoms with Crippen molar-refractivity contribution in [2.45, 2.75) is 25.7 Å². The molecule has 0 spiro atoms. The summed E-state index contributed by atoms with van der Waals surface area (Å²) in [7, 11) is 0. The molecule has 6 rings (SSSR count). The fourth-order valence-electron chi connectivity index (χ4n) is 5.27. The lowest BCUT2D eigenvalue weighted by Crippen LogP contribution is -2.35. The largest absolute Gasteiger partial charge is 0.351 e. The van der Waals surface area contributed by atoms with Gasteiger partial charge >= 0.3 is 0 Å². The Balaban J connectivity index is 1.27. The molecule has 5 heterocycles. The van der Waals surface area contributed by atoms with Crippen molar-refractivity contribution in [3.63, 3.8) is 0 Å². The number of nitrogens with one attached hydrogen (secondary N) is 2. The van der Waals surface area contributed by atoms with Gasteiger partial charge in [0, 0.05) is 52.9 Å². The third-order valence-electron chi connectivity index (χ3n) is 7.26.